The first-order valence-electron chi connectivity index (χ1n) is 6.38. The average Bonchev–Trinajstić information content (AvgIpc) is 2.48. The summed E-state index contributed by atoms with van der Waals surface area (Å²) in [7, 11) is 1.31. The summed E-state index contributed by atoms with van der Waals surface area (Å²) in [5.41, 5.74) is 2.79. The lowest BCUT2D eigenvalue weighted by atomic mass is 9.98. The number of aryl methyl sites for hydroxylation is 1. The van der Waals surface area contributed by atoms with Crippen LogP contribution in [0.4, 0.5) is 0 Å². The summed E-state index contributed by atoms with van der Waals surface area (Å²) < 4.78 is 4.70. The molecule has 0 saturated heterocycles. The number of Topliss-reactive ketones (excluding diaryl/α,β-unsaturated/α-hetero) is 1. The van der Waals surface area contributed by atoms with Crippen LogP contribution in [0.5, 0.6) is 0 Å². The van der Waals surface area contributed by atoms with Crippen molar-refractivity contribution in [2.75, 3.05) is 7.11 Å². The lowest BCUT2D eigenvalue weighted by Gasteiger charge is -2.07. The maximum atomic E-state index is 12.3. The average molecular weight is 268 g/mol. The van der Waals surface area contributed by atoms with E-state index in [2.05, 4.69) is 0 Å². The number of hydrogen-bond donors (Lipinski definition) is 0. The molecule has 0 bridgehead atoms. The smallest absolute Gasteiger partial charge is 0.338 e. The number of benzene rings is 2. The van der Waals surface area contributed by atoms with Crippen molar-refractivity contribution in [1.29, 1.82) is 0 Å². The third kappa shape index (κ3) is 3.12. The molecule has 20 heavy (non-hydrogen) atoms. The van der Waals surface area contributed by atoms with Gasteiger partial charge in [0.25, 0.3) is 0 Å². The van der Waals surface area contributed by atoms with Crippen LogP contribution in [0.25, 0.3) is 0 Å². The third-order valence-corrected chi connectivity index (χ3v) is 3.12. The Morgan fingerprint density at radius 2 is 1.55 bits per heavy atom. The molecular formula is C17H16O3. The molecular weight excluding hydrogens is 252 g/mol. The van der Waals surface area contributed by atoms with Crippen LogP contribution in [0.2, 0.25) is 0 Å². The van der Waals surface area contributed by atoms with Gasteiger partial charge in [0, 0.05) is 12.0 Å². The van der Waals surface area contributed by atoms with E-state index >= 15 is 0 Å². The van der Waals surface area contributed by atoms with Crippen molar-refractivity contribution in [2.45, 2.75) is 13.3 Å². The number of ketones is 1. The van der Waals surface area contributed by atoms with E-state index in [1.54, 1.807) is 24.3 Å². The molecule has 3 heteroatoms. The van der Waals surface area contributed by atoms with Gasteiger partial charge in [0.2, 0.25) is 0 Å². The first kappa shape index (κ1) is 14.0. The Bertz CT molecular complexity index is 627. The van der Waals surface area contributed by atoms with Crippen molar-refractivity contribution < 1.29 is 14.3 Å². The van der Waals surface area contributed by atoms with Gasteiger partial charge in [-0.2, -0.15) is 0 Å². The SMILES string of the molecule is COC(=O)c1ccccc1C(=O)Cc1ccc(C)cc1. The molecule has 0 atom stereocenters. The van der Waals surface area contributed by atoms with E-state index in [-0.39, 0.29) is 12.2 Å². The Morgan fingerprint density at radius 3 is 2.15 bits per heavy atom. The number of hydrogen-bond acceptors (Lipinski definition) is 3. The largest absolute Gasteiger partial charge is 0.465 e. The molecule has 0 aliphatic rings. The summed E-state index contributed by atoms with van der Waals surface area (Å²) in [4.78, 5) is 24.0. The number of rotatable bonds is 4. The standard InChI is InChI=1S/C17H16O3/c1-12-7-9-13(10-8-12)11-16(18)14-5-3-4-6-15(14)17(19)20-2/h3-10H,11H2,1-2H3. The molecule has 0 spiro atoms. The Morgan fingerprint density at radius 1 is 0.950 bits per heavy atom. The van der Waals surface area contributed by atoms with Gasteiger partial charge >= 0.3 is 5.97 Å². The fourth-order valence-corrected chi connectivity index (χ4v) is 2.00. The second-order valence-corrected chi connectivity index (χ2v) is 4.62. The minimum absolute atomic E-state index is 0.0881. The highest BCUT2D eigenvalue weighted by molar-refractivity contribution is 6.07. The number of esters is 1. The number of carbonyl (C=O) groups is 2. The summed E-state index contributed by atoms with van der Waals surface area (Å²) in [6.07, 6.45) is 0.272. The molecule has 0 aliphatic heterocycles. The first-order chi connectivity index (χ1) is 9.61. The second-order valence-electron chi connectivity index (χ2n) is 4.62. The number of methoxy groups -OCH3 is 1. The molecule has 2 aromatic carbocycles. The predicted octanol–water partition coefficient (Wildman–Crippen LogP) is 3.21. The zero-order chi connectivity index (χ0) is 14.5. The summed E-state index contributed by atoms with van der Waals surface area (Å²) in [6, 6.07) is 14.5. The van der Waals surface area contributed by atoms with Gasteiger partial charge in [-0.15, -0.1) is 0 Å². The molecule has 0 fully saturated rings. The first-order valence-corrected chi connectivity index (χ1v) is 6.38. The van der Waals surface area contributed by atoms with Gasteiger partial charge in [-0.05, 0) is 18.6 Å². The highest BCUT2D eigenvalue weighted by Crippen LogP contribution is 2.14. The molecule has 0 unspecified atom stereocenters. The molecule has 0 amide bonds. The number of carbonyl (C=O) groups excluding carboxylic acids is 2. The van der Waals surface area contributed by atoms with Crippen molar-refractivity contribution in [2.24, 2.45) is 0 Å². The molecule has 0 heterocycles. The molecule has 2 aromatic rings. The van der Waals surface area contributed by atoms with E-state index in [1.165, 1.54) is 7.11 Å². The highest BCUT2D eigenvalue weighted by atomic mass is 16.5. The van der Waals surface area contributed by atoms with Crippen LogP contribution in [0.15, 0.2) is 48.5 Å². The van der Waals surface area contributed by atoms with E-state index in [0.717, 1.165) is 11.1 Å². The van der Waals surface area contributed by atoms with Crippen LogP contribution < -0.4 is 0 Å². The van der Waals surface area contributed by atoms with Crippen LogP contribution in [-0.2, 0) is 11.2 Å². The zero-order valence-electron chi connectivity index (χ0n) is 11.6. The topological polar surface area (TPSA) is 43.4 Å². The van der Waals surface area contributed by atoms with E-state index < -0.39 is 5.97 Å². The normalized spacial score (nSPS) is 10.1. The quantitative estimate of drug-likeness (QED) is 0.631. The summed E-state index contributed by atoms with van der Waals surface area (Å²) in [5.74, 6) is -0.576. The third-order valence-electron chi connectivity index (χ3n) is 3.12. The molecule has 0 aliphatic carbocycles. The van der Waals surface area contributed by atoms with Crippen molar-refractivity contribution in [3.63, 3.8) is 0 Å². The Hall–Kier alpha value is -2.42. The summed E-state index contributed by atoms with van der Waals surface area (Å²) in [6.45, 7) is 2.00. The maximum absolute atomic E-state index is 12.3. The van der Waals surface area contributed by atoms with Crippen LogP contribution in [0.3, 0.4) is 0 Å². The minimum Gasteiger partial charge on any atom is -0.465 e. The monoisotopic (exact) mass is 268 g/mol. The van der Waals surface area contributed by atoms with Crippen molar-refractivity contribution in [1.82, 2.24) is 0 Å². The fourth-order valence-electron chi connectivity index (χ4n) is 2.00. The number of ether oxygens (including phenoxy) is 1. The van der Waals surface area contributed by atoms with Crippen LogP contribution in [0.1, 0.15) is 31.8 Å². The van der Waals surface area contributed by atoms with Crippen LogP contribution in [-0.4, -0.2) is 18.9 Å². The van der Waals surface area contributed by atoms with E-state index in [9.17, 15) is 9.59 Å². The van der Waals surface area contributed by atoms with Gasteiger partial charge in [-0.1, -0.05) is 48.0 Å². The van der Waals surface area contributed by atoms with Crippen molar-refractivity contribution in [3.8, 4) is 0 Å². The second kappa shape index (κ2) is 6.15. The van der Waals surface area contributed by atoms with Gasteiger partial charge in [-0.3, -0.25) is 4.79 Å². The molecule has 0 aromatic heterocycles. The fraction of sp³-hybridized carbons (Fsp3) is 0.176. The maximum Gasteiger partial charge on any atom is 0.338 e. The lowest BCUT2D eigenvalue weighted by molar-refractivity contribution is 0.0597. The van der Waals surface area contributed by atoms with Crippen LogP contribution in [0, 0.1) is 6.92 Å². The highest BCUT2D eigenvalue weighted by Gasteiger charge is 2.16. The molecule has 0 radical (unpaired) electrons. The van der Waals surface area contributed by atoms with Gasteiger partial charge < -0.3 is 4.74 Å². The van der Waals surface area contributed by atoms with Crippen LogP contribution >= 0.6 is 0 Å². The Kier molecular flexibility index (Phi) is 4.31. The molecule has 0 N–H and O–H groups in total. The predicted molar refractivity (Wildman–Crippen MR) is 77.0 cm³/mol. The molecule has 3 nitrogen and oxygen atoms in total. The Labute approximate surface area is 118 Å². The van der Waals surface area contributed by atoms with E-state index in [1.807, 2.05) is 31.2 Å². The van der Waals surface area contributed by atoms with Gasteiger partial charge in [0.05, 0.1) is 12.7 Å². The molecule has 102 valence electrons. The minimum atomic E-state index is -0.488. The van der Waals surface area contributed by atoms with E-state index in [0.29, 0.717) is 11.1 Å². The summed E-state index contributed by atoms with van der Waals surface area (Å²) in [5, 5.41) is 0. The lowest BCUT2D eigenvalue weighted by Crippen LogP contribution is -2.12. The van der Waals surface area contributed by atoms with Crippen molar-refractivity contribution >= 4 is 11.8 Å². The zero-order valence-corrected chi connectivity index (χ0v) is 11.6. The molecule has 0 saturated carbocycles. The van der Waals surface area contributed by atoms with Gasteiger partial charge in [0.15, 0.2) is 5.78 Å². The summed E-state index contributed by atoms with van der Waals surface area (Å²) >= 11 is 0. The molecule has 2 rings (SSSR count). The van der Waals surface area contributed by atoms with E-state index in [4.69, 9.17) is 4.74 Å². The van der Waals surface area contributed by atoms with Gasteiger partial charge in [0.1, 0.15) is 0 Å². The van der Waals surface area contributed by atoms with Gasteiger partial charge in [-0.25, -0.2) is 4.79 Å². The Balaban J connectivity index is 2.25. The van der Waals surface area contributed by atoms with Crippen molar-refractivity contribution in [3.05, 3.63) is 70.8 Å².